The van der Waals surface area contributed by atoms with E-state index in [1.807, 2.05) is 4.40 Å². The first-order chi connectivity index (χ1) is 16.5. The number of rotatable bonds is 4. The molecule has 6 rings (SSSR count). The van der Waals surface area contributed by atoms with Crippen molar-refractivity contribution in [3.63, 3.8) is 0 Å². The summed E-state index contributed by atoms with van der Waals surface area (Å²) in [4.78, 5) is 26.2. The molecule has 2 aromatic carbocycles. The van der Waals surface area contributed by atoms with E-state index in [1.165, 1.54) is 21.7 Å². The maximum Gasteiger partial charge on any atom is 0.284 e. The molecule has 0 unspecified atom stereocenters. The Bertz CT molecular complexity index is 1680. The van der Waals surface area contributed by atoms with E-state index >= 15 is 0 Å². The lowest BCUT2D eigenvalue weighted by Gasteiger charge is -2.06. The molecule has 0 atom stereocenters. The topological polar surface area (TPSA) is 108 Å². The van der Waals surface area contributed by atoms with Crippen LogP contribution in [0.15, 0.2) is 58.4 Å². The summed E-state index contributed by atoms with van der Waals surface area (Å²) in [5.74, 6) is 0.765. The summed E-state index contributed by atoms with van der Waals surface area (Å²) in [5.41, 5.74) is 2.24. The maximum atomic E-state index is 13.6. The molecule has 168 valence electrons. The predicted octanol–water partition coefficient (Wildman–Crippen LogP) is 4.71. The van der Waals surface area contributed by atoms with Crippen LogP contribution in [0.3, 0.4) is 0 Å². The van der Waals surface area contributed by atoms with Crippen LogP contribution in [0.2, 0.25) is 5.02 Å². The van der Waals surface area contributed by atoms with Crippen LogP contribution in [0, 0.1) is 10.1 Å². The molecule has 34 heavy (non-hydrogen) atoms. The van der Waals surface area contributed by atoms with Crippen LogP contribution in [0.1, 0.15) is 22.4 Å². The fourth-order valence-electron chi connectivity index (χ4n) is 4.26. The van der Waals surface area contributed by atoms with Gasteiger partial charge in [-0.15, -0.1) is 21.5 Å². The third-order valence-electron chi connectivity index (χ3n) is 5.88. The van der Waals surface area contributed by atoms with Gasteiger partial charge in [0, 0.05) is 27.6 Å². The number of thiophene rings is 1. The first-order valence-electron chi connectivity index (χ1n) is 10.5. The van der Waals surface area contributed by atoms with Gasteiger partial charge in [0.15, 0.2) is 5.82 Å². The van der Waals surface area contributed by atoms with E-state index in [9.17, 15) is 14.9 Å². The molecular weight excluding hydrogens is 476 g/mol. The minimum atomic E-state index is -0.448. The largest absolute Gasteiger partial charge is 0.284 e. The minimum Gasteiger partial charge on any atom is -0.266 e. The monoisotopic (exact) mass is 490 g/mol. The summed E-state index contributed by atoms with van der Waals surface area (Å²) in [6.45, 7) is 0. The number of nitro benzene ring substituents is 1. The van der Waals surface area contributed by atoms with Gasteiger partial charge in [-0.3, -0.25) is 14.9 Å². The summed E-state index contributed by atoms with van der Waals surface area (Å²) in [5, 5.41) is 25.4. The molecule has 0 amide bonds. The lowest BCUT2D eigenvalue weighted by Crippen LogP contribution is -2.20. The first-order valence-corrected chi connectivity index (χ1v) is 11.7. The van der Waals surface area contributed by atoms with E-state index < -0.39 is 4.92 Å². The molecular formula is C23H15ClN6O3S. The van der Waals surface area contributed by atoms with E-state index in [2.05, 4.69) is 15.3 Å². The van der Waals surface area contributed by atoms with Crippen molar-refractivity contribution < 1.29 is 4.92 Å². The second-order valence-electron chi connectivity index (χ2n) is 7.91. The molecule has 0 saturated heterocycles. The summed E-state index contributed by atoms with van der Waals surface area (Å²) in [6.07, 6.45) is 4.36. The number of nitrogens with zero attached hydrogens (tertiary/aromatic N) is 6. The quantitative estimate of drug-likeness (QED) is 0.206. The van der Waals surface area contributed by atoms with E-state index in [1.54, 1.807) is 53.9 Å². The van der Waals surface area contributed by atoms with E-state index in [0.29, 0.717) is 21.8 Å². The summed E-state index contributed by atoms with van der Waals surface area (Å²) < 4.78 is 3.09. The van der Waals surface area contributed by atoms with Gasteiger partial charge >= 0.3 is 0 Å². The lowest BCUT2D eigenvalue weighted by atomic mass is 10.2. The standard InChI is InChI=1S/C23H15ClN6O3S/c24-15-8-4-13(5-9-15)12-25-29-21(31)19-17-2-1-3-18(17)34-22(19)28-20(26-27-23(28)29)14-6-10-16(11-7-14)30(32)33/h4-12H,1-3H2. The SMILES string of the molecule is O=c1c2c3c(sc2n2c(-c4ccc([N+](=O)[O-])cc4)nnc2n1N=Cc1ccc(Cl)cc1)CCC3. The Morgan fingerprint density at radius 3 is 2.59 bits per heavy atom. The number of benzene rings is 2. The molecule has 0 N–H and O–H groups in total. The van der Waals surface area contributed by atoms with Crippen molar-refractivity contribution in [1.29, 1.82) is 0 Å². The number of fused-ring (bicyclic) bond motifs is 5. The molecule has 1 aliphatic rings. The zero-order valence-electron chi connectivity index (χ0n) is 17.5. The number of nitro groups is 1. The van der Waals surface area contributed by atoms with Crippen LogP contribution >= 0.6 is 22.9 Å². The highest BCUT2D eigenvalue weighted by Gasteiger charge is 2.26. The van der Waals surface area contributed by atoms with Crippen LogP contribution in [-0.2, 0) is 12.8 Å². The molecule has 0 bridgehead atoms. The average Bonchev–Trinajstić information content (AvgIpc) is 3.54. The molecule has 0 radical (unpaired) electrons. The molecule has 0 fully saturated rings. The van der Waals surface area contributed by atoms with Crippen LogP contribution in [0.5, 0.6) is 0 Å². The number of halogens is 1. The third-order valence-corrected chi connectivity index (χ3v) is 7.41. The molecule has 0 aliphatic heterocycles. The van der Waals surface area contributed by atoms with Gasteiger partial charge in [-0.2, -0.15) is 9.78 Å². The van der Waals surface area contributed by atoms with Gasteiger partial charge in [-0.1, -0.05) is 23.7 Å². The van der Waals surface area contributed by atoms with E-state index in [0.717, 1.165) is 35.2 Å². The first kappa shape index (κ1) is 20.7. The molecule has 0 saturated carbocycles. The Morgan fingerprint density at radius 1 is 1.09 bits per heavy atom. The average molecular weight is 491 g/mol. The summed E-state index contributed by atoms with van der Waals surface area (Å²) in [7, 11) is 0. The summed E-state index contributed by atoms with van der Waals surface area (Å²) in [6, 6.07) is 13.2. The van der Waals surface area contributed by atoms with Crippen molar-refractivity contribution in [3.8, 4) is 11.4 Å². The Hall–Kier alpha value is -3.89. The third kappa shape index (κ3) is 3.22. The Balaban J connectivity index is 1.61. The number of hydrogen-bond donors (Lipinski definition) is 0. The Morgan fingerprint density at radius 2 is 1.85 bits per heavy atom. The van der Waals surface area contributed by atoms with Gasteiger partial charge in [0.05, 0.1) is 16.5 Å². The van der Waals surface area contributed by atoms with Gasteiger partial charge < -0.3 is 0 Å². The van der Waals surface area contributed by atoms with Gasteiger partial charge in [0.1, 0.15) is 4.83 Å². The normalized spacial score (nSPS) is 13.3. The fraction of sp³-hybridized carbons (Fsp3) is 0.130. The molecule has 1 aliphatic carbocycles. The van der Waals surface area contributed by atoms with E-state index in [-0.39, 0.29) is 17.0 Å². The van der Waals surface area contributed by atoms with Gasteiger partial charge in [-0.05, 0) is 54.7 Å². The van der Waals surface area contributed by atoms with Gasteiger partial charge in [-0.25, -0.2) is 4.40 Å². The van der Waals surface area contributed by atoms with Crippen LogP contribution in [-0.4, -0.2) is 30.4 Å². The number of aromatic nitrogens is 4. The van der Waals surface area contributed by atoms with Crippen molar-refractivity contribution in [3.05, 3.63) is 90.0 Å². The van der Waals surface area contributed by atoms with Crippen LogP contribution in [0.4, 0.5) is 5.69 Å². The lowest BCUT2D eigenvalue weighted by molar-refractivity contribution is -0.384. The fourth-order valence-corrected chi connectivity index (χ4v) is 5.77. The Labute approximate surface area is 200 Å². The van der Waals surface area contributed by atoms with Crippen molar-refractivity contribution in [2.24, 2.45) is 5.10 Å². The molecule has 9 nitrogen and oxygen atoms in total. The molecule has 3 aromatic heterocycles. The van der Waals surface area contributed by atoms with Crippen LogP contribution < -0.4 is 5.56 Å². The minimum absolute atomic E-state index is 0.0118. The van der Waals surface area contributed by atoms with Crippen LogP contribution in [0.25, 0.3) is 27.4 Å². The number of non-ortho nitro benzene ring substituents is 1. The number of aryl methyl sites for hydroxylation is 2. The zero-order chi connectivity index (χ0) is 23.4. The highest BCUT2D eigenvalue weighted by Crippen LogP contribution is 2.37. The van der Waals surface area contributed by atoms with Crippen molar-refractivity contribution in [2.45, 2.75) is 19.3 Å². The molecule has 0 spiro atoms. The second-order valence-corrected chi connectivity index (χ2v) is 9.43. The van der Waals surface area contributed by atoms with Crippen molar-refractivity contribution in [1.82, 2.24) is 19.3 Å². The molecule has 5 aromatic rings. The van der Waals surface area contributed by atoms with E-state index in [4.69, 9.17) is 11.6 Å². The number of hydrogen-bond acceptors (Lipinski definition) is 7. The maximum absolute atomic E-state index is 13.6. The van der Waals surface area contributed by atoms with Gasteiger partial charge in [0.2, 0.25) is 0 Å². The smallest absolute Gasteiger partial charge is 0.266 e. The predicted molar refractivity (Wildman–Crippen MR) is 131 cm³/mol. The zero-order valence-corrected chi connectivity index (χ0v) is 19.1. The second kappa shape index (κ2) is 7.86. The highest BCUT2D eigenvalue weighted by molar-refractivity contribution is 7.19. The Kier molecular flexibility index (Phi) is 4.78. The van der Waals surface area contributed by atoms with Crippen molar-refractivity contribution in [2.75, 3.05) is 0 Å². The van der Waals surface area contributed by atoms with Gasteiger partial charge in [0.25, 0.3) is 17.0 Å². The molecule has 11 heteroatoms. The summed E-state index contributed by atoms with van der Waals surface area (Å²) >= 11 is 7.54. The van der Waals surface area contributed by atoms with Crippen molar-refractivity contribution >= 4 is 50.8 Å². The molecule has 3 heterocycles. The highest BCUT2D eigenvalue weighted by atomic mass is 35.5.